The number of nitrogens with zero attached hydrogens (tertiary/aromatic N) is 1. The molecule has 94 valence electrons. The Bertz CT molecular complexity index is 593. The molecule has 1 fully saturated rings. The van der Waals surface area contributed by atoms with E-state index in [0.29, 0.717) is 23.8 Å². The van der Waals surface area contributed by atoms with Gasteiger partial charge < -0.3 is 5.32 Å². The first kappa shape index (κ1) is 11.0. The molecule has 2 aliphatic rings. The highest BCUT2D eigenvalue weighted by Crippen LogP contribution is 2.20. The molecule has 0 radical (unpaired) electrons. The van der Waals surface area contributed by atoms with Crippen molar-refractivity contribution in [2.45, 2.75) is 36.9 Å². The number of fused-ring (bicyclic) bond motifs is 1. The van der Waals surface area contributed by atoms with Crippen molar-refractivity contribution in [1.29, 1.82) is 0 Å². The van der Waals surface area contributed by atoms with Crippen molar-refractivity contribution in [3.05, 3.63) is 21.6 Å². The quantitative estimate of drug-likeness (QED) is 0.738. The number of rotatable bonds is 2. The van der Waals surface area contributed by atoms with Gasteiger partial charge in [-0.15, -0.1) is 0 Å². The van der Waals surface area contributed by atoms with Crippen molar-refractivity contribution in [3.8, 4) is 0 Å². The van der Waals surface area contributed by atoms with Crippen LogP contribution in [0.3, 0.4) is 0 Å². The molecule has 2 N–H and O–H groups in total. The maximum atomic E-state index is 12.0. The summed E-state index contributed by atoms with van der Waals surface area (Å²) in [5.41, 5.74) is 0.839. The first-order valence-electron chi connectivity index (χ1n) is 5.79. The summed E-state index contributed by atoms with van der Waals surface area (Å²) in [6, 6.07) is 0.322. The minimum absolute atomic E-state index is 0.0251. The van der Waals surface area contributed by atoms with E-state index in [-0.39, 0.29) is 17.1 Å². The van der Waals surface area contributed by atoms with E-state index in [0.717, 1.165) is 19.4 Å². The van der Waals surface area contributed by atoms with Gasteiger partial charge in [0.1, 0.15) is 0 Å². The molecule has 0 saturated carbocycles. The minimum Gasteiger partial charge on any atom is -0.312 e. The van der Waals surface area contributed by atoms with Gasteiger partial charge in [-0.1, -0.05) is 0 Å². The fourth-order valence-electron chi connectivity index (χ4n) is 2.59. The normalized spacial score (nSPS) is 26.2. The van der Waals surface area contributed by atoms with Crippen LogP contribution in [0.5, 0.6) is 0 Å². The minimum atomic E-state index is -3.09. The van der Waals surface area contributed by atoms with Gasteiger partial charge in [-0.3, -0.25) is 14.6 Å². The van der Waals surface area contributed by atoms with E-state index in [1.165, 1.54) is 0 Å². The summed E-state index contributed by atoms with van der Waals surface area (Å²) in [4.78, 5) is 12.0. The van der Waals surface area contributed by atoms with E-state index in [9.17, 15) is 13.2 Å². The number of sulfone groups is 1. The van der Waals surface area contributed by atoms with Crippen molar-refractivity contribution in [3.63, 3.8) is 0 Å². The first-order chi connectivity index (χ1) is 8.05. The maximum absolute atomic E-state index is 12.0. The number of aromatic amines is 1. The number of nitrogens with one attached hydrogen (secondary N) is 2. The molecule has 7 heteroatoms. The number of hydrogen-bond donors (Lipinski definition) is 2. The Morgan fingerprint density at radius 3 is 2.82 bits per heavy atom. The third-order valence-electron chi connectivity index (χ3n) is 3.43. The SMILES string of the molecule is O=c1c2c([nH]n1CC1CCCN1)CS(=O)(=O)C2. The molecule has 0 spiro atoms. The van der Waals surface area contributed by atoms with Gasteiger partial charge in [0.05, 0.1) is 29.3 Å². The summed E-state index contributed by atoms with van der Waals surface area (Å²) in [6.07, 6.45) is 2.20. The zero-order valence-corrected chi connectivity index (χ0v) is 10.2. The number of aromatic nitrogens is 2. The molecule has 3 heterocycles. The third-order valence-corrected chi connectivity index (χ3v) is 4.89. The van der Waals surface area contributed by atoms with Crippen molar-refractivity contribution in [1.82, 2.24) is 15.1 Å². The summed E-state index contributed by atoms with van der Waals surface area (Å²) in [7, 11) is -3.09. The molecule has 1 saturated heterocycles. The topological polar surface area (TPSA) is 84.0 Å². The second-order valence-corrected chi connectivity index (χ2v) is 6.87. The van der Waals surface area contributed by atoms with Crippen LogP contribution < -0.4 is 10.9 Å². The first-order valence-corrected chi connectivity index (χ1v) is 7.62. The smallest absolute Gasteiger partial charge is 0.271 e. The molecule has 1 unspecified atom stereocenters. The molecule has 3 rings (SSSR count). The fourth-order valence-corrected chi connectivity index (χ4v) is 4.11. The van der Waals surface area contributed by atoms with Crippen molar-refractivity contribution in [2.75, 3.05) is 6.54 Å². The van der Waals surface area contributed by atoms with Crippen LogP contribution >= 0.6 is 0 Å². The zero-order chi connectivity index (χ0) is 12.0. The molecule has 6 nitrogen and oxygen atoms in total. The van der Waals surface area contributed by atoms with Crippen LogP contribution in [0.1, 0.15) is 24.1 Å². The molecule has 17 heavy (non-hydrogen) atoms. The van der Waals surface area contributed by atoms with E-state index in [4.69, 9.17) is 0 Å². The Morgan fingerprint density at radius 2 is 2.18 bits per heavy atom. The number of H-pyrrole nitrogens is 1. The molecule has 1 atom stereocenters. The summed E-state index contributed by atoms with van der Waals surface area (Å²) in [6.45, 7) is 1.60. The highest BCUT2D eigenvalue weighted by Gasteiger charge is 2.30. The van der Waals surface area contributed by atoms with Crippen LogP contribution in [-0.4, -0.2) is 30.8 Å². The lowest BCUT2D eigenvalue weighted by molar-refractivity contribution is 0.464. The average molecular weight is 257 g/mol. The van der Waals surface area contributed by atoms with Gasteiger partial charge in [0, 0.05) is 6.04 Å². The van der Waals surface area contributed by atoms with Crippen LogP contribution in [0.25, 0.3) is 0 Å². The maximum Gasteiger partial charge on any atom is 0.271 e. The summed E-state index contributed by atoms with van der Waals surface area (Å²) in [5, 5.41) is 6.24. The Morgan fingerprint density at radius 1 is 1.35 bits per heavy atom. The van der Waals surface area contributed by atoms with Gasteiger partial charge >= 0.3 is 0 Å². The predicted molar refractivity (Wildman–Crippen MR) is 62.4 cm³/mol. The molecule has 2 aliphatic heterocycles. The highest BCUT2D eigenvalue weighted by atomic mass is 32.2. The Kier molecular flexibility index (Phi) is 2.41. The second kappa shape index (κ2) is 3.71. The monoisotopic (exact) mass is 257 g/mol. The van der Waals surface area contributed by atoms with Crippen molar-refractivity contribution in [2.24, 2.45) is 0 Å². The number of hydrogen-bond acceptors (Lipinski definition) is 4. The molecule has 0 aliphatic carbocycles. The zero-order valence-electron chi connectivity index (χ0n) is 9.40. The van der Waals surface area contributed by atoms with E-state index in [1.54, 1.807) is 4.68 Å². The fraction of sp³-hybridized carbons (Fsp3) is 0.700. The standard InChI is InChI=1S/C10H15N3O3S/c14-10-8-5-17(15,16)6-9(8)12-13(10)4-7-2-1-3-11-7/h7,11-12H,1-6H2. The summed E-state index contributed by atoms with van der Waals surface area (Å²) >= 11 is 0. The van der Waals surface area contributed by atoms with Crippen LogP contribution in [0.4, 0.5) is 0 Å². The average Bonchev–Trinajstić information content (AvgIpc) is 2.89. The van der Waals surface area contributed by atoms with Gasteiger partial charge in [0.15, 0.2) is 9.84 Å². The largest absolute Gasteiger partial charge is 0.312 e. The molecular weight excluding hydrogens is 242 g/mol. The Balaban J connectivity index is 1.87. The van der Waals surface area contributed by atoms with E-state index >= 15 is 0 Å². The summed E-state index contributed by atoms with van der Waals surface area (Å²) in [5.74, 6) is -0.134. The molecule has 1 aromatic heterocycles. The van der Waals surface area contributed by atoms with Gasteiger partial charge in [-0.05, 0) is 19.4 Å². The van der Waals surface area contributed by atoms with Crippen molar-refractivity contribution >= 4 is 9.84 Å². The lowest BCUT2D eigenvalue weighted by atomic mass is 10.2. The molecule has 0 amide bonds. The molecular formula is C10H15N3O3S. The Hall–Kier alpha value is -1.08. The molecule has 0 aromatic carbocycles. The second-order valence-electron chi connectivity index (χ2n) is 4.81. The van der Waals surface area contributed by atoms with Crippen molar-refractivity contribution < 1.29 is 8.42 Å². The van der Waals surface area contributed by atoms with Crippen LogP contribution in [0.2, 0.25) is 0 Å². The van der Waals surface area contributed by atoms with E-state index in [1.807, 2.05) is 0 Å². The van der Waals surface area contributed by atoms with Gasteiger partial charge in [0.2, 0.25) is 0 Å². The molecule has 0 bridgehead atoms. The van der Waals surface area contributed by atoms with Crippen LogP contribution in [-0.2, 0) is 27.9 Å². The highest BCUT2D eigenvalue weighted by molar-refractivity contribution is 7.90. The molecule has 1 aromatic rings. The third kappa shape index (κ3) is 1.93. The Labute approximate surface area is 98.9 Å². The van der Waals surface area contributed by atoms with E-state index < -0.39 is 9.84 Å². The predicted octanol–water partition coefficient (Wildman–Crippen LogP) is -0.643. The lowest BCUT2D eigenvalue weighted by Gasteiger charge is -2.10. The van der Waals surface area contributed by atoms with Crippen LogP contribution in [0, 0.1) is 0 Å². The summed E-state index contributed by atoms with van der Waals surface area (Å²) < 4.78 is 24.3. The van der Waals surface area contributed by atoms with Gasteiger partial charge in [0.25, 0.3) is 5.56 Å². The van der Waals surface area contributed by atoms with E-state index in [2.05, 4.69) is 10.4 Å². The van der Waals surface area contributed by atoms with Gasteiger partial charge in [-0.2, -0.15) is 0 Å². The lowest BCUT2D eigenvalue weighted by Crippen LogP contribution is -2.32. The van der Waals surface area contributed by atoms with Gasteiger partial charge in [-0.25, -0.2) is 8.42 Å². The van der Waals surface area contributed by atoms with Crippen LogP contribution in [0.15, 0.2) is 4.79 Å².